The summed E-state index contributed by atoms with van der Waals surface area (Å²) < 4.78 is 10.7. The Bertz CT molecular complexity index is 1110. The van der Waals surface area contributed by atoms with E-state index < -0.39 is 11.8 Å². The minimum absolute atomic E-state index is 0.0799. The van der Waals surface area contributed by atoms with Gasteiger partial charge in [0.1, 0.15) is 17.2 Å². The summed E-state index contributed by atoms with van der Waals surface area (Å²) in [6.07, 6.45) is 3.56. The van der Waals surface area contributed by atoms with E-state index in [4.69, 9.17) is 9.47 Å². The Morgan fingerprint density at radius 2 is 1.62 bits per heavy atom. The maximum atomic E-state index is 13.1. The number of rotatable bonds is 8. The molecule has 7 heteroatoms. The number of hydrogen-bond acceptors (Lipinski definition) is 5. The van der Waals surface area contributed by atoms with Crippen LogP contribution in [0.4, 0.5) is 5.69 Å². The second-order valence-corrected chi connectivity index (χ2v) is 7.55. The fourth-order valence-corrected chi connectivity index (χ4v) is 3.32. The highest BCUT2D eigenvalue weighted by molar-refractivity contribution is 7.98. The Labute approximate surface area is 191 Å². The van der Waals surface area contributed by atoms with Gasteiger partial charge >= 0.3 is 0 Å². The normalized spacial score (nSPS) is 10.9. The molecule has 0 aliphatic heterocycles. The van der Waals surface area contributed by atoms with Crippen LogP contribution in [0.2, 0.25) is 0 Å². The van der Waals surface area contributed by atoms with E-state index in [0.717, 1.165) is 4.90 Å². The first-order chi connectivity index (χ1) is 15.5. The van der Waals surface area contributed by atoms with Crippen molar-refractivity contribution in [2.24, 2.45) is 0 Å². The van der Waals surface area contributed by atoms with Gasteiger partial charge in [0, 0.05) is 27.8 Å². The quantitative estimate of drug-likeness (QED) is 0.381. The summed E-state index contributed by atoms with van der Waals surface area (Å²) in [5, 5.41) is 5.56. The Hall–Kier alpha value is -3.71. The van der Waals surface area contributed by atoms with Gasteiger partial charge in [0.25, 0.3) is 11.8 Å². The molecule has 0 bridgehead atoms. The maximum absolute atomic E-state index is 13.1. The number of ether oxygens (including phenoxy) is 2. The first-order valence-electron chi connectivity index (χ1n) is 9.79. The van der Waals surface area contributed by atoms with Gasteiger partial charge in [0.05, 0.1) is 14.2 Å². The van der Waals surface area contributed by atoms with E-state index in [1.54, 1.807) is 67.4 Å². The molecule has 2 amide bonds. The third-order valence-electron chi connectivity index (χ3n) is 4.62. The van der Waals surface area contributed by atoms with Crippen molar-refractivity contribution in [3.8, 4) is 11.5 Å². The van der Waals surface area contributed by atoms with Crippen molar-refractivity contribution < 1.29 is 19.1 Å². The predicted octanol–water partition coefficient (Wildman–Crippen LogP) is 4.84. The summed E-state index contributed by atoms with van der Waals surface area (Å²) in [7, 11) is 3.09. The number of nitrogens with one attached hydrogen (secondary N) is 2. The summed E-state index contributed by atoms with van der Waals surface area (Å²) in [4.78, 5) is 26.9. The highest BCUT2D eigenvalue weighted by atomic mass is 32.2. The molecule has 0 radical (unpaired) electrons. The topological polar surface area (TPSA) is 76.7 Å². The molecular formula is C25H24N2O4S. The summed E-state index contributed by atoms with van der Waals surface area (Å²) in [6, 6.07) is 21.4. The Balaban J connectivity index is 1.93. The fraction of sp³-hybridized carbons (Fsp3) is 0.120. The average molecular weight is 449 g/mol. The molecule has 0 saturated carbocycles. The summed E-state index contributed by atoms with van der Waals surface area (Å²) in [5.41, 5.74) is 1.76. The number of carbonyl (C=O) groups excluding carboxylic acids is 2. The lowest BCUT2D eigenvalue weighted by Crippen LogP contribution is -2.30. The van der Waals surface area contributed by atoms with E-state index in [0.29, 0.717) is 28.3 Å². The third-order valence-corrected chi connectivity index (χ3v) is 5.36. The number of carbonyl (C=O) groups is 2. The second kappa shape index (κ2) is 11.1. The summed E-state index contributed by atoms with van der Waals surface area (Å²) in [5.74, 6) is 0.279. The molecule has 0 atom stereocenters. The maximum Gasteiger partial charge on any atom is 0.272 e. The average Bonchev–Trinajstić information content (AvgIpc) is 2.84. The van der Waals surface area contributed by atoms with Crippen molar-refractivity contribution in [3.05, 3.63) is 89.6 Å². The molecule has 32 heavy (non-hydrogen) atoms. The van der Waals surface area contributed by atoms with Crippen molar-refractivity contribution >= 4 is 35.3 Å². The summed E-state index contributed by atoms with van der Waals surface area (Å²) >= 11 is 1.61. The molecular weight excluding hydrogens is 424 g/mol. The number of hydrogen-bond donors (Lipinski definition) is 2. The number of anilines is 1. The Morgan fingerprint density at radius 3 is 2.25 bits per heavy atom. The van der Waals surface area contributed by atoms with Crippen LogP contribution in [-0.2, 0) is 4.79 Å². The molecule has 2 N–H and O–H groups in total. The molecule has 3 aromatic rings. The fourth-order valence-electron chi connectivity index (χ4n) is 2.91. The molecule has 0 unspecified atom stereocenters. The van der Waals surface area contributed by atoms with E-state index in [2.05, 4.69) is 10.6 Å². The van der Waals surface area contributed by atoms with Crippen LogP contribution in [0.1, 0.15) is 15.9 Å². The van der Waals surface area contributed by atoms with Gasteiger partial charge < -0.3 is 20.1 Å². The van der Waals surface area contributed by atoms with Crippen molar-refractivity contribution in [1.82, 2.24) is 5.32 Å². The van der Waals surface area contributed by atoms with E-state index in [9.17, 15) is 9.59 Å². The molecule has 0 saturated heterocycles. The van der Waals surface area contributed by atoms with E-state index in [1.165, 1.54) is 7.11 Å². The van der Waals surface area contributed by atoms with E-state index in [-0.39, 0.29) is 5.70 Å². The van der Waals surface area contributed by atoms with Crippen LogP contribution in [0.15, 0.2) is 83.4 Å². The lowest BCUT2D eigenvalue weighted by atomic mass is 10.1. The van der Waals surface area contributed by atoms with Crippen LogP contribution in [0.3, 0.4) is 0 Å². The lowest BCUT2D eigenvalue weighted by Gasteiger charge is -2.13. The van der Waals surface area contributed by atoms with Crippen LogP contribution in [0, 0.1) is 0 Å². The monoisotopic (exact) mass is 448 g/mol. The Morgan fingerprint density at radius 1 is 0.906 bits per heavy atom. The lowest BCUT2D eigenvalue weighted by molar-refractivity contribution is -0.113. The molecule has 3 aromatic carbocycles. The van der Waals surface area contributed by atoms with Gasteiger partial charge in [0.2, 0.25) is 0 Å². The zero-order chi connectivity index (χ0) is 22.9. The van der Waals surface area contributed by atoms with Crippen LogP contribution in [0.25, 0.3) is 6.08 Å². The Kier molecular flexibility index (Phi) is 7.94. The van der Waals surface area contributed by atoms with Crippen LogP contribution in [-0.4, -0.2) is 32.3 Å². The highest BCUT2D eigenvalue weighted by Crippen LogP contribution is 2.26. The van der Waals surface area contributed by atoms with Gasteiger partial charge in [0.15, 0.2) is 0 Å². The van der Waals surface area contributed by atoms with Gasteiger partial charge in [-0.1, -0.05) is 18.2 Å². The highest BCUT2D eigenvalue weighted by Gasteiger charge is 2.16. The zero-order valence-corrected chi connectivity index (χ0v) is 18.9. The first kappa shape index (κ1) is 23.0. The number of benzene rings is 3. The molecule has 164 valence electrons. The molecule has 6 nitrogen and oxygen atoms in total. The van der Waals surface area contributed by atoms with Crippen molar-refractivity contribution in [3.63, 3.8) is 0 Å². The van der Waals surface area contributed by atoms with Gasteiger partial charge in [-0.05, 0) is 60.9 Å². The van der Waals surface area contributed by atoms with Crippen LogP contribution in [0.5, 0.6) is 11.5 Å². The van der Waals surface area contributed by atoms with Gasteiger partial charge in [-0.3, -0.25) is 9.59 Å². The van der Waals surface area contributed by atoms with Gasteiger partial charge in [-0.15, -0.1) is 11.8 Å². The minimum Gasteiger partial charge on any atom is -0.497 e. The third kappa shape index (κ3) is 5.92. The van der Waals surface area contributed by atoms with Crippen LogP contribution < -0.4 is 20.1 Å². The summed E-state index contributed by atoms with van der Waals surface area (Å²) in [6.45, 7) is 0. The number of thioether (sulfide) groups is 1. The number of amides is 2. The first-order valence-corrected chi connectivity index (χ1v) is 11.0. The number of methoxy groups -OCH3 is 2. The van der Waals surface area contributed by atoms with E-state index >= 15 is 0 Å². The molecule has 0 fully saturated rings. The minimum atomic E-state index is -0.455. The van der Waals surface area contributed by atoms with Crippen LogP contribution >= 0.6 is 11.8 Å². The van der Waals surface area contributed by atoms with E-state index in [1.807, 2.05) is 36.6 Å². The van der Waals surface area contributed by atoms with Gasteiger partial charge in [-0.2, -0.15) is 0 Å². The molecule has 0 aliphatic rings. The largest absolute Gasteiger partial charge is 0.497 e. The SMILES string of the molecule is COc1ccc(/C=C(\NC(=O)c2ccccc2)C(=O)Nc2ccc(SC)cc2)c(OC)c1. The smallest absolute Gasteiger partial charge is 0.272 e. The van der Waals surface area contributed by atoms with Gasteiger partial charge in [-0.25, -0.2) is 0 Å². The zero-order valence-electron chi connectivity index (χ0n) is 18.0. The molecule has 0 aliphatic carbocycles. The standard InChI is InChI=1S/C25H24N2O4S/c1-30-20-12-9-18(23(16-20)31-2)15-22(27-24(28)17-7-5-4-6-8-17)25(29)26-19-10-13-21(32-3)14-11-19/h4-16H,1-3H3,(H,26,29)(H,27,28)/b22-15-. The predicted molar refractivity (Wildman–Crippen MR) is 128 cm³/mol. The molecule has 0 aromatic heterocycles. The van der Waals surface area contributed by atoms with Crippen molar-refractivity contribution in [1.29, 1.82) is 0 Å². The van der Waals surface area contributed by atoms with Crippen molar-refractivity contribution in [2.45, 2.75) is 4.90 Å². The molecule has 0 heterocycles. The second-order valence-electron chi connectivity index (χ2n) is 6.67. The molecule has 3 rings (SSSR count). The molecule has 0 spiro atoms. The van der Waals surface area contributed by atoms with Crippen molar-refractivity contribution in [2.75, 3.05) is 25.8 Å².